The largest absolute Gasteiger partial charge is 0.493 e. The molecule has 0 atom stereocenters. The van der Waals surface area contributed by atoms with E-state index < -0.39 is 0 Å². The fourth-order valence-corrected chi connectivity index (χ4v) is 1.91. The summed E-state index contributed by atoms with van der Waals surface area (Å²) in [6, 6.07) is 14.0. The number of hydrogen-bond donors (Lipinski definition) is 0. The predicted octanol–water partition coefficient (Wildman–Crippen LogP) is 4.34. The molecule has 98 valence electrons. The molecule has 0 aliphatic carbocycles. The molecule has 2 nitrogen and oxygen atoms in total. The first-order chi connectivity index (χ1) is 9.20. The van der Waals surface area contributed by atoms with Gasteiger partial charge < -0.3 is 4.74 Å². The lowest BCUT2D eigenvalue weighted by Gasteiger charge is -2.05. The molecule has 2 aromatic carbocycles. The summed E-state index contributed by atoms with van der Waals surface area (Å²) in [5, 5.41) is 1.40. The standard InChI is InChI=1S/C15H12BrClO2/c16-9-10-19-14-7-3-12(4-8-14)15(18)11-1-5-13(17)6-2-11/h1-8H,9-10H2. The second kappa shape index (κ2) is 6.73. The second-order valence-electron chi connectivity index (χ2n) is 3.90. The van der Waals surface area contributed by atoms with Crippen LogP contribution in [-0.2, 0) is 0 Å². The van der Waals surface area contributed by atoms with E-state index in [1.807, 2.05) is 0 Å². The summed E-state index contributed by atoms with van der Waals surface area (Å²) in [6.45, 7) is 0.602. The first kappa shape index (κ1) is 14.1. The summed E-state index contributed by atoms with van der Waals surface area (Å²) in [4.78, 5) is 12.2. The zero-order chi connectivity index (χ0) is 13.7. The molecule has 0 aliphatic heterocycles. The van der Waals surface area contributed by atoms with Crippen LogP contribution in [0.15, 0.2) is 48.5 Å². The lowest BCUT2D eigenvalue weighted by molar-refractivity contribution is 0.103. The fourth-order valence-electron chi connectivity index (χ4n) is 1.63. The fraction of sp³-hybridized carbons (Fsp3) is 0.133. The average molecular weight is 340 g/mol. The first-order valence-electron chi connectivity index (χ1n) is 5.80. The van der Waals surface area contributed by atoms with Crippen LogP contribution in [0.5, 0.6) is 5.75 Å². The number of carbonyl (C=O) groups is 1. The maximum Gasteiger partial charge on any atom is 0.193 e. The van der Waals surface area contributed by atoms with Crippen LogP contribution in [0, 0.1) is 0 Å². The topological polar surface area (TPSA) is 26.3 Å². The zero-order valence-corrected chi connectivity index (χ0v) is 12.4. The number of rotatable bonds is 5. The molecule has 0 radical (unpaired) electrons. The highest BCUT2D eigenvalue weighted by molar-refractivity contribution is 9.09. The molecule has 0 heterocycles. The Morgan fingerprint density at radius 1 is 1.00 bits per heavy atom. The SMILES string of the molecule is O=C(c1ccc(Cl)cc1)c1ccc(OCCBr)cc1. The molecular weight excluding hydrogens is 328 g/mol. The minimum Gasteiger partial charge on any atom is -0.493 e. The Hall–Kier alpha value is -1.32. The van der Waals surface area contributed by atoms with Gasteiger partial charge in [0.05, 0.1) is 6.61 Å². The molecular formula is C15H12BrClO2. The van der Waals surface area contributed by atoms with Crippen LogP contribution < -0.4 is 4.74 Å². The first-order valence-corrected chi connectivity index (χ1v) is 7.30. The Labute approximate surface area is 125 Å². The number of ketones is 1. The van der Waals surface area contributed by atoms with Gasteiger partial charge in [0.15, 0.2) is 5.78 Å². The van der Waals surface area contributed by atoms with Gasteiger partial charge in [-0.2, -0.15) is 0 Å². The smallest absolute Gasteiger partial charge is 0.193 e. The van der Waals surface area contributed by atoms with Gasteiger partial charge in [0, 0.05) is 21.5 Å². The normalized spacial score (nSPS) is 10.2. The van der Waals surface area contributed by atoms with E-state index in [4.69, 9.17) is 16.3 Å². The third-order valence-electron chi connectivity index (χ3n) is 2.57. The van der Waals surface area contributed by atoms with Crippen LogP contribution in [0.3, 0.4) is 0 Å². The summed E-state index contributed by atoms with van der Waals surface area (Å²) < 4.78 is 5.44. The van der Waals surface area contributed by atoms with E-state index >= 15 is 0 Å². The highest BCUT2D eigenvalue weighted by Gasteiger charge is 2.08. The minimum absolute atomic E-state index is 0.0243. The predicted molar refractivity (Wildman–Crippen MR) is 80.6 cm³/mol. The van der Waals surface area contributed by atoms with Gasteiger partial charge >= 0.3 is 0 Å². The summed E-state index contributed by atoms with van der Waals surface area (Å²) in [5.74, 6) is 0.732. The Morgan fingerprint density at radius 2 is 1.53 bits per heavy atom. The van der Waals surface area contributed by atoms with Gasteiger partial charge in [-0.25, -0.2) is 0 Å². The molecule has 2 rings (SSSR count). The molecule has 0 saturated heterocycles. The molecule has 19 heavy (non-hydrogen) atoms. The molecule has 0 saturated carbocycles. The molecule has 0 fully saturated rings. The van der Waals surface area contributed by atoms with Crippen molar-refractivity contribution in [3.63, 3.8) is 0 Å². The lowest BCUT2D eigenvalue weighted by atomic mass is 10.0. The van der Waals surface area contributed by atoms with Gasteiger partial charge in [-0.1, -0.05) is 27.5 Å². The second-order valence-corrected chi connectivity index (χ2v) is 5.13. The maximum atomic E-state index is 12.2. The van der Waals surface area contributed by atoms with Crippen molar-refractivity contribution in [3.8, 4) is 5.75 Å². The van der Waals surface area contributed by atoms with Crippen molar-refractivity contribution in [3.05, 3.63) is 64.7 Å². The van der Waals surface area contributed by atoms with Gasteiger partial charge in [0.2, 0.25) is 0 Å². The summed E-state index contributed by atoms with van der Waals surface area (Å²) in [6.07, 6.45) is 0. The number of carbonyl (C=O) groups excluding carboxylic acids is 1. The third-order valence-corrected chi connectivity index (χ3v) is 3.14. The summed E-state index contributed by atoms with van der Waals surface area (Å²) >= 11 is 9.09. The average Bonchev–Trinajstić information content (AvgIpc) is 2.46. The minimum atomic E-state index is -0.0243. The van der Waals surface area contributed by atoms with Gasteiger partial charge in [-0.3, -0.25) is 4.79 Å². The van der Waals surface area contributed by atoms with E-state index in [-0.39, 0.29) is 5.78 Å². The van der Waals surface area contributed by atoms with E-state index in [9.17, 15) is 4.79 Å². The van der Waals surface area contributed by atoms with Crippen molar-refractivity contribution in [2.24, 2.45) is 0 Å². The molecule has 0 bridgehead atoms. The highest BCUT2D eigenvalue weighted by atomic mass is 79.9. The number of ether oxygens (including phenoxy) is 1. The Morgan fingerprint density at radius 3 is 2.05 bits per heavy atom. The van der Waals surface area contributed by atoms with Crippen molar-refractivity contribution >= 4 is 33.3 Å². The van der Waals surface area contributed by atoms with E-state index in [1.165, 1.54) is 0 Å². The van der Waals surface area contributed by atoms with Crippen LogP contribution in [-0.4, -0.2) is 17.7 Å². The molecule has 0 spiro atoms. The molecule has 0 unspecified atom stereocenters. The summed E-state index contributed by atoms with van der Waals surface area (Å²) in [7, 11) is 0. The van der Waals surface area contributed by atoms with E-state index in [0.29, 0.717) is 22.8 Å². The van der Waals surface area contributed by atoms with E-state index in [1.54, 1.807) is 48.5 Å². The maximum absolute atomic E-state index is 12.2. The van der Waals surface area contributed by atoms with Crippen LogP contribution >= 0.6 is 27.5 Å². The van der Waals surface area contributed by atoms with Crippen molar-refractivity contribution in [1.29, 1.82) is 0 Å². The number of halogens is 2. The van der Waals surface area contributed by atoms with Crippen molar-refractivity contribution in [2.45, 2.75) is 0 Å². The quantitative estimate of drug-likeness (QED) is 0.598. The van der Waals surface area contributed by atoms with Gasteiger partial charge in [0.25, 0.3) is 0 Å². The highest BCUT2D eigenvalue weighted by Crippen LogP contribution is 2.17. The Kier molecular flexibility index (Phi) is 5.00. The van der Waals surface area contributed by atoms with Crippen molar-refractivity contribution < 1.29 is 9.53 Å². The number of hydrogen-bond acceptors (Lipinski definition) is 2. The van der Waals surface area contributed by atoms with Gasteiger partial charge in [-0.15, -0.1) is 0 Å². The van der Waals surface area contributed by atoms with Crippen LogP contribution in [0.4, 0.5) is 0 Å². The monoisotopic (exact) mass is 338 g/mol. The zero-order valence-electron chi connectivity index (χ0n) is 10.1. The van der Waals surface area contributed by atoms with Gasteiger partial charge in [-0.05, 0) is 48.5 Å². The molecule has 2 aromatic rings. The van der Waals surface area contributed by atoms with Crippen LogP contribution in [0.25, 0.3) is 0 Å². The Balaban J connectivity index is 2.13. The molecule has 0 amide bonds. The Bertz CT molecular complexity index is 549. The van der Waals surface area contributed by atoms with Crippen molar-refractivity contribution in [2.75, 3.05) is 11.9 Å². The van der Waals surface area contributed by atoms with E-state index in [0.717, 1.165) is 11.1 Å². The third kappa shape index (κ3) is 3.82. The van der Waals surface area contributed by atoms with Crippen LogP contribution in [0.2, 0.25) is 5.02 Å². The number of benzene rings is 2. The molecule has 4 heteroatoms. The van der Waals surface area contributed by atoms with Gasteiger partial charge in [0.1, 0.15) is 5.75 Å². The van der Waals surface area contributed by atoms with Crippen LogP contribution in [0.1, 0.15) is 15.9 Å². The van der Waals surface area contributed by atoms with E-state index in [2.05, 4.69) is 15.9 Å². The molecule has 0 aliphatic rings. The van der Waals surface area contributed by atoms with Crippen molar-refractivity contribution in [1.82, 2.24) is 0 Å². The lowest BCUT2D eigenvalue weighted by Crippen LogP contribution is -2.02. The summed E-state index contributed by atoms with van der Waals surface area (Å²) in [5.41, 5.74) is 1.26. The number of alkyl halides is 1. The molecule has 0 N–H and O–H groups in total. The molecule has 0 aromatic heterocycles.